The molecule has 1 nitrogen and oxygen atoms in total. The van der Waals surface area contributed by atoms with Crippen LogP contribution in [0, 0.1) is 0 Å². The second-order valence-corrected chi connectivity index (χ2v) is 6.93. The van der Waals surface area contributed by atoms with Crippen molar-refractivity contribution in [3.8, 4) is 5.75 Å². The third-order valence-corrected chi connectivity index (χ3v) is 5.29. The Morgan fingerprint density at radius 1 is 0.833 bits per heavy atom. The molecule has 0 radical (unpaired) electrons. The third-order valence-electron chi connectivity index (χ3n) is 4.54. The lowest BCUT2D eigenvalue weighted by atomic mass is 9.92. The summed E-state index contributed by atoms with van der Waals surface area (Å²) in [6, 6.07) is 22.4. The van der Waals surface area contributed by atoms with Crippen LogP contribution in [0.15, 0.2) is 71.2 Å². The van der Waals surface area contributed by atoms with Crippen molar-refractivity contribution in [2.75, 3.05) is 0 Å². The fraction of sp³-hybridized carbons (Fsp3) is 0.0909. The summed E-state index contributed by atoms with van der Waals surface area (Å²) in [6.07, 6.45) is 4.23. The lowest BCUT2D eigenvalue weighted by molar-refractivity contribution is 0.475. The maximum Gasteiger partial charge on any atom is 0.116 e. The lowest BCUT2D eigenvalue weighted by Gasteiger charge is -2.13. The molecule has 0 amide bonds. The van der Waals surface area contributed by atoms with Crippen LogP contribution in [0.4, 0.5) is 0 Å². The number of hydrogen-bond acceptors (Lipinski definition) is 1. The number of halogens is 1. The molecule has 1 aliphatic rings. The number of fused-ring (bicyclic) bond motifs is 2. The largest absolute Gasteiger partial charge is 0.508 e. The van der Waals surface area contributed by atoms with E-state index in [1.54, 1.807) is 12.1 Å². The molecular formula is C22H17BrO. The van der Waals surface area contributed by atoms with E-state index in [4.69, 9.17) is 0 Å². The van der Waals surface area contributed by atoms with E-state index in [9.17, 15) is 5.11 Å². The van der Waals surface area contributed by atoms with E-state index in [-0.39, 0.29) is 0 Å². The molecule has 1 N–H and O–H groups in total. The normalized spacial score (nSPS) is 14.8. The van der Waals surface area contributed by atoms with Gasteiger partial charge in [0.25, 0.3) is 0 Å². The minimum Gasteiger partial charge on any atom is -0.508 e. The summed E-state index contributed by atoms with van der Waals surface area (Å²) < 4.78 is 1.16. The molecule has 0 unspecified atom stereocenters. The molecule has 0 atom stereocenters. The average Bonchev–Trinajstić information content (AvgIpc) is 2.74. The highest BCUT2D eigenvalue weighted by Crippen LogP contribution is 2.37. The summed E-state index contributed by atoms with van der Waals surface area (Å²) in [5, 5.41) is 9.80. The summed E-state index contributed by atoms with van der Waals surface area (Å²) in [4.78, 5) is 0. The highest BCUT2D eigenvalue weighted by atomic mass is 79.9. The van der Waals surface area contributed by atoms with Crippen molar-refractivity contribution in [2.24, 2.45) is 0 Å². The van der Waals surface area contributed by atoms with Gasteiger partial charge in [0, 0.05) is 4.47 Å². The monoisotopic (exact) mass is 376 g/mol. The molecule has 0 heterocycles. The van der Waals surface area contributed by atoms with Crippen molar-refractivity contribution >= 4 is 27.6 Å². The average molecular weight is 377 g/mol. The topological polar surface area (TPSA) is 20.2 Å². The zero-order chi connectivity index (χ0) is 16.5. The minimum atomic E-state index is 0.292. The Morgan fingerprint density at radius 3 is 2.50 bits per heavy atom. The molecule has 24 heavy (non-hydrogen) atoms. The van der Waals surface area contributed by atoms with Gasteiger partial charge in [0.2, 0.25) is 0 Å². The van der Waals surface area contributed by atoms with Gasteiger partial charge in [-0.25, -0.2) is 0 Å². The molecule has 0 aliphatic heterocycles. The Bertz CT molecular complexity index is 940. The van der Waals surface area contributed by atoms with Gasteiger partial charge in [-0.1, -0.05) is 64.5 Å². The molecule has 2 heteroatoms. The van der Waals surface area contributed by atoms with Crippen molar-refractivity contribution in [3.63, 3.8) is 0 Å². The van der Waals surface area contributed by atoms with Gasteiger partial charge in [-0.2, -0.15) is 0 Å². The number of benzene rings is 3. The quantitative estimate of drug-likeness (QED) is 0.565. The minimum absolute atomic E-state index is 0.292. The van der Waals surface area contributed by atoms with Crippen molar-refractivity contribution in [2.45, 2.75) is 12.8 Å². The van der Waals surface area contributed by atoms with Gasteiger partial charge in [-0.05, 0) is 70.5 Å². The molecule has 118 valence electrons. The van der Waals surface area contributed by atoms with Crippen LogP contribution in [0.5, 0.6) is 5.75 Å². The Hall–Kier alpha value is -2.32. The van der Waals surface area contributed by atoms with E-state index in [1.807, 2.05) is 12.1 Å². The Kier molecular flexibility index (Phi) is 3.99. The third kappa shape index (κ3) is 2.78. The molecule has 0 bridgehead atoms. The maximum atomic E-state index is 9.80. The molecular weight excluding hydrogens is 360 g/mol. The zero-order valence-corrected chi connectivity index (χ0v) is 14.8. The summed E-state index contributed by atoms with van der Waals surface area (Å²) in [7, 11) is 0. The van der Waals surface area contributed by atoms with Crippen LogP contribution in [0.1, 0.15) is 27.8 Å². The molecule has 0 spiro atoms. The number of aryl methyl sites for hydroxylation is 1. The molecule has 0 saturated heterocycles. The van der Waals surface area contributed by atoms with Gasteiger partial charge < -0.3 is 5.11 Å². The first-order valence-corrected chi connectivity index (χ1v) is 8.88. The standard InChI is InChI=1S/C22H17BrO/c23-22-10-4-9-19-20(22)12-11-16-6-1-2-8-18(16)21(19)14-15-5-3-7-17(24)13-15/h1-10,13-14,24H,11-12H2. The molecule has 4 rings (SSSR count). The predicted molar refractivity (Wildman–Crippen MR) is 103 cm³/mol. The van der Waals surface area contributed by atoms with E-state index in [1.165, 1.54) is 27.8 Å². The van der Waals surface area contributed by atoms with Crippen LogP contribution in [0.2, 0.25) is 0 Å². The first-order chi connectivity index (χ1) is 11.7. The van der Waals surface area contributed by atoms with E-state index in [0.29, 0.717) is 5.75 Å². The second kappa shape index (κ2) is 6.29. The second-order valence-electron chi connectivity index (χ2n) is 6.08. The number of rotatable bonds is 1. The van der Waals surface area contributed by atoms with Crippen LogP contribution >= 0.6 is 15.9 Å². The van der Waals surface area contributed by atoms with Crippen molar-refractivity contribution in [1.82, 2.24) is 0 Å². The summed E-state index contributed by atoms with van der Waals surface area (Å²) in [6.45, 7) is 0. The lowest BCUT2D eigenvalue weighted by Crippen LogP contribution is -1.93. The van der Waals surface area contributed by atoms with Crippen LogP contribution in [0.3, 0.4) is 0 Å². The first-order valence-electron chi connectivity index (χ1n) is 8.09. The fourth-order valence-corrected chi connectivity index (χ4v) is 3.97. The fourth-order valence-electron chi connectivity index (χ4n) is 3.41. The van der Waals surface area contributed by atoms with Crippen LogP contribution in [0.25, 0.3) is 11.6 Å². The van der Waals surface area contributed by atoms with Crippen LogP contribution < -0.4 is 0 Å². The van der Waals surface area contributed by atoms with Crippen molar-refractivity contribution in [3.05, 3.63) is 99.0 Å². The van der Waals surface area contributed by atoms with Crippen molar-refractivity contribution in [1.29, 1.82) is 0 Å². The molecule has 3 aromatic carbocycles. The SMILES string of the molecule is Oc1cccc(C=C2c3ccccc3CCc3c(Br)cccc32)c1. The van der Waals surface area contributed by atoms with Gasteiger partial charge in [-0.3, -0.25) is 0 Å². The van der Waals surface area contributed by atoms with Gasteiger partial charge in [0.05, 0.1) is 0 Å². The zero-order valence-electron chi connectivity index (χ0n) is 13.2. The maximum absolute atomic E-state index is 9.80. The summed E-state index contributed by atoms with van der Waals surface area (Å²) >= 11 is 3.72. The number of hydrogen-bond donors (Lipinski definition) is 1. The van der Waals surface area contributed by atoms with E-state index in [0.717, 1.165) is 22.9 Å². The van der Waals surface area contributed by atoms with Crippen LogP contribution in [-0.4, -0.2) is 5.11 Å². The van der Waals surface area contributed by atoms with E-state index in [2.05, 4.69) is 64.5 Å². The predicted octanol–water partition coefficient (Wildman–Crippen LogP) is 5.84. The Labute approximate surface area is 150 Å². The highest BCUT2D eigenvalue weighted by molar-refractivity contribution is 9.10. The highest BCUT2D eigenvalue weighted by Gasteiger charge is 2.19. The van der Waals surface area contributed by atoms with Crippen molar-refractivity contribution < 1.29 is 5.11 Å². The number of phenols is 1. The van der Waals surface area contributed by atoms with Gasteiger partial charge in [0.15, 0.2) is 0 Å². The molecule has 0 aromatic heterocycles. The summed E-state index contributed by atoms with van der Waals surface area (Å²) in [5.74, 6) is 0.292. The molecule has 3 aromatic rings. The van der Waals surface area contributed by atoms with E-state index < -0.39 is 0 Å². The first kappa shape index (κ1) is 15.2. The van der Waals surface area contributed by atoms with Gasteiger partial charge in [-0.15, -0.1) is 0 Å². The number of phenolic OH excluding ortho intramolecular Hbond substituents is 1. The molecule has 0 fully saturated rings. The Balaban J connectivity index is 1.99. The summed E-state index contributed by atoms with van der Waals surface area (Å²) in [5.41, 5.74) is 7.47. The number of aromatic hydroxyl groups is 1. The molecule has 0 saturated carbocycles. The van der Waals surface area contributed by atoms with Crippen LogP contribution in [-0.2, 0) is 12.8 Å². The molecule has 1 aliphatic carbocycles. The van der Waals surface area contributed by atoms with Gasteiger partial charge in [0.1, 0.15) is 5.75 Å². The van der Waals surface area contributed by atoms with E-state index >= 15 is 0 Å². The smallest absolute Gasteiger partial charge is 0.116 e. The Morgan fingerprint density at radius 2 is 1.62 bits per heavy atom. The van der Waals surface area contributed by atoms with Gasteiger partial charge >= 0.3 is 0 Å².